The van der Waals surface area contributed by atoms with Crippen molar-refractivity contribution in [1.29, 1.82) is 0 Å². The van der Waals surface area contributed by atoms with Crippen LogP contribution in [0.4, 0.5) is 0 Å². The number of thiazole rings is 2. The Morgan fingerprint density at radius 3 is 3.06 bits per heavy atom. The molecule has 0 aliphatic carbocycles. The minimum Gasteiger partial charge on any atom is -0.349 e. The fourth-order valence-electron chi connectivity index (χ4n) is 1.33. The number of aromatic nitrogens is 2. The molecule has 0 atom stereocenters. The summed E-state index contributed by atoms with van der Waals surface area (Å²) in [6, 6.07) is 0. The van der Waals surface area contributed by atoms with Crippen LogP contribution in [0, 0.1) is 10.9 Å². The van der Waals surface area contributed by atoms with Crippen LogP contribution in [0.2, 0.25) is 0 Å². The summed E-state index contributed by atoms with van der Waals surface area (Å²) < 4.78 is 0.713. The van der Waals surface area contributed by atoms with Gasteiger partial charge in [-0.15, -0.1) is 22.7 Å². The third-order valence-corrected chi connectivity index (χ3v) is 4.28. The van der Waals surface area contributed by atoms with Gasteiger partial charge in [-0.05, 0) is 19.1 Å². The van der Waals surface area contributed by atoms with E-state index in [0.29, 0.717) is 16.9 Å². The first kappa shape index (κ1) is 12.4. The van der Waals surface area contributed by atoms with Gasteiger partial charge in [-0.2, -0.15) is 0 Å². The number of nitrogens with zero attached hydrogens (tertiary/aromatic N) is 1. The number of amides is 1. The topological polar surface area (TPSA) is 57.8 Å². The van der Waals surface area contributed by atoms with Crippen LogP contribution in [0.15, 0.2) is 11.6 Å². The highest BCUT2D eigenvalue weighted by atomic mass is 32.1. The van der Waals surface area contributed by atoms with Crippen molar-refractivity contribution in [2.75, 3.05) is 0 Å². The second-order valence-corrected chi connectivity index (χ2v) is 6.19. The molecule has 0 aliphatic heterocycles. The van der Waals surface area contributed by atoms with Gasteiger partial charge < -0.3 is 10.3 Å². The number of H-pyrrole nitrogens is 1. The highest BCUT2D eigenvalue weighted by molar-refractivity contribution is 7.73. The molecule has 0 bridgehead atoms. The highest BCUT2D eigenvalue weighted by Gasteiger charge is 2.08. The van der Waals surface area contributed by atoms with Crippen molar-refractivity contribution in [1.82, 2.24) is 15.3 Å². The number of carbonyl (C=O) groups is 1. The van der Waals surface area contributed by atoms with Crippen molar-refractivity contribution in [3.63, 3.8) is 0 Å². The molecule has 2 aromatic rings. The molecule has 0 unspecified atom stereocenters. The molecular weight excluding hydrogens is 274 g/mol. The van der Waals surface area contributed by atoms with E-state index in [1.807, 2.05) is 12.3 Å². The molecular formula is C10H11N3OS3. The number of hydrogen-bond donors (Lipinski definition) is 2. The highest BCUT2D eigenvalue weighted by Crippen LogP contribution is 2.15. The molecule has 0 saturated heterocycles. The molecule has 4 nitrogen and oxygen atoms in total. The first-order valence-corrected chi connectivity index (χ1v) is 7.09. The van der Waals surface area contributed by atoms with E-state index in [4.69, 9.17) is 12.2 Å². The summed E-state index contributed by atoms with van der Waals surface area (Å²) in [5.74, 6) is -0.00597. The average Bonchev–Trinajstić information content (AvgIpc) is 2.87. The van der Waals surface area contributed by atoms with Crippen LogP contribution in [-0.2, 0) is 17.8 Å². The lowest BCUT2D eigenvalue weighted by Crippen LogP contribution is -2.24. The lowest BCUT2D eigenvalue weighted by molar-refractivity contribution is -0.120. The zero-order chi connectivity index (χ0) is 12.3. The number of aryl methyl sites for hydroxylation is 1. The van der Waals surface area contributed by atoms with Gasteiger partial charge in [0.15, 0.2) is 3.95 Å². The lowest BCUT2D eigenvalue weighted by Gasteiger charge is -2.01. The lowest BCUT2D eigenvalue weighted by atomic mass is 10.3. The maximum Gasteiger partial charge on any atom is 0.225 e. The van der Waals surface area contributed by atoms with E-state index in [0.717, 1.165) is 15.6 Å². The van der Waals surface area contributed by atoms with Crippen LogP contribution >= 0.6 is 34.9 Å². The predicted molar refractivity (Wildman–Crippen MR) is 71.9 cm³/mol. The number of carbonyl (C=O) groups excluding carboxylic acids is 1. The van der Waals surface area contributed by atoms with Crippen molar-refractivity contribution in [3.8, 4) is 0 Å². The normalized spacial score (nSPS) is 10.4. The molecule has 0 saturated carbocycles. The molecule has 2 rings (SSSR count). The monoisotopic (exact) mass is 285 g/mol. The summed E-state index contributed by atoms with van der Waals surface area (Å²) in [5.41, 5.74) is 0.976. The van der Waals surface area contributed by atoms with Crippen LogP contribution in [0.25, 0.3) is 0 Å². The van der Waals surface area contributed by atoms with E-state index < -0.39 is 0 Å². The van der Waals surface area contributed by atoms with Crippen LogP contribution < -0.4 is 5.32 Å². The van der Waals surface area contributed by atoms with Crippen LogP contribution in [0.3, 0.4) is 0 Å². The Labute approximate surface area is 112 Å². The van der Waals surface area contributed by atoms with Crippen molar-refractivity contribution >= 4 is 40.8 Å². The smallest absolute Gasteiger partial charge is 0.225 e. The summed E-state index contributed by atoms with van der Waals surface area (Å²) >= 11 is 8.01. The second kappa shape index (κ2) is 5.52. The zero-order valence-electron chi connectivity index (χ0n) is 9.15. The minimum atomic E-state index is -0.00597. The van der Waals surface area contributed by atoms with Gasteiger partial charge in [0.25, 0.3) is 0 Å². The van der Waals surface area contributed by atoms with Gasteiger partial charge in [0.1, 0.15) is 5.01 Å². The Hall–Kier alpha value is -1.05. The van der Waals surface area contributed by atoms with Crippen molar-refractivity contribution < 1.29 is 4.79 Å². The Morgan fingerprint density at radius 2 is 2.47 bits per heavy atom. The van der Waals surface area contributed by atoms with Gasteiger partial charge in [-0.25, -0.2) is 4.98 Å². The van der Waals surface area contributed by atoms with Gasteiger partial charge in [-0.3, -0.25) is 4.79 Å². The maximum absolute atomic E-state index is 11.7. The van der Waals surface area contributed by atoms with Gasteiger partial charge in [0, 0.05) is 22.1 Å². The Morgan fingerprint density at radius 1 is 1.65 bits per heavy atom. The van der Waals surface area contributed by atoms with E-state index in [-0.39, 0.29) is 5.91 Å². The van der Waals surface area contributed by atoms with Gasteiger partial charge >= 0.3 is 0 Å². The minimum absolute atomic E-state index is 0.00597. The molecule has 0 fully saturated rings. The maximum atomic E-state index is 11.7. The summed E-state index contributed by atoms with van der Waals surface area (Å²) in [6.45, 7) is 2.42. The molecule has 7 heteroatoms. The Kier molecular flexibility index (Phi) is 4.03. The summed E-state index contributed by atoms with van der Waals surface area (Å²) in [6.07, 6.45) is 2.10. The summed E-state index contributed by atoms with van der Waals surface area (Å²) in [4.78, 5) is 19.8. The zero-order valence-corrected chi connectivity index (χ0v) is 11.6. The first-order chi connectivity index (χ1) is 8.15. The molecule has 2 N–H and O–H groups in total. The van der Waals surface area contributed by atoms with Crippen LogP contribution in [0.1, 0.15) is 15.6 Å². The quantitative estimate of drug-likeness (QED) is 0.848. The fraction of sp³-hybridized carbons (Fsp3) is 0.300. The number of nitrogens with one attached hydrogen (secondary N) is 2. The number of hydrogen-bond acceptors (Lipinski definition) is 5. The Bertz CT molecular complexity index is 556. The molecule has 1 amide bonds. The molecule has 0 aromatic carbocycles. The standard InChI is InChI=1S/C10H11N3OS3/c1-6-7(17-10(15)13-6)4-8(14)12-5-9-11-2-3-16-9/h2-3H,4-5H2,1H3,(H,12,14)(H,13,15). The summed E-state index contributed by atoms with van der Waals surface area (Å²) in [7, 11) is 0. The molecule has 17 heavy (non-hydrogen) atoms. The third kappa shape index (κ3) is 3.45. The summed E-state index contributed by atoms with van der Waals surface area (Å²) in [5, 5.41) is 5.64. The molecule has 0 spiro atoms. The average molecular weight is 285 g/mol. The van der Waals surface area contributed by atoms with Crippen LogP contribution in [-0.4, -0.2) is 15.9 Å². The number of aromatic amines is 1. The Balaban J connectivity index is 1.89. The number of rotatable bonds is 4. The van der Waals surface area contributed by atoms with Crippen LogP contribution in [0.5, 0.6) is 0 Å². The first-order valence-electron chi connectivity index (χ1n) is 4.99. The largest absolute Gasteiger partial charge is 0.349 e. The van der Waals surface area contributed by atoms with Gasteiger partial charge in [0.2, 0.25) is 5.91 Å². The van der Waals surface area contributed by atoms with Gasteiger partial charge in [0.05, 0.1) is 13.0 Å². The molecule has 2 aromatic heterocycles. The van der Waals surface area contributed by atoms with E-state index in [9.17, 15) is 4.79 Å². The van der Waals surface area contributed by atoms with E-state index >= 15 is 0 Å². The predicted octanol–water partition coefficient (Wildman–Crippen LogP) is 2.43. The SMILES string of the molecule is Cc1[nH]c(=S)sc1CC(=O)NCc1nccs1. The van der Waals surface area contributed by atoms with E-state index in [2.05, 4.69) is 15.3 Å². The molecule has 2 heterocycles. The van der Waals surface area contributed by atoms with Crippen molar-refractivity contribution in [2.45, 2.75) is 19.9 Å². The third-order valence-electron chi connectivity index (χ3n) is 2.17. The molecule has 0 aliphatic rings. The van der Waals surface area contributed by atoms with Crippen molar-refractivity contribution in [2.24, 2.45) is 0 Å². The van der Waals surface area contributed by atoms with E-state index in [1.165, 1.54) is 22.7 Å². The van der Waals surface area contributed by atoms with Crippen molar-refractivity contribution in [3.05, 3.63) is 31.1 Å². The molecule has 90 valence electrons. The van der Waals surface area contributed by atoms with Gasteiger partial charge in [-0.1, -0.05) is 0 Å². The fourth-order valence-corrected chi connectivity index (χ4v) is 3.17. The second-order valence-electron chi connectivity index (χ2n) is 3.44. The van der Waals surface area contributed by atoms with E-state index in [1.54, 1.807) is 6.20 Å². The molecule has 0 radical (unpaired) electrons.